The van der Waals surface area contributed by atoms with Gasteiger partial charge in [0.15, 0.2) is 0 Å². The highest BCUT2D eigenvalue weighted by Gasteiger charge is 2.07. The van der Waals surface area contributed by atoms with Gasteiger partial charge in [0.05, 0.1) is 15.6 Å². The molecule has 0 saturated heterocycles. The molecule has 0 fully saturated rings. The van der Waals surface area contributed by atoms with Crippen LogP contribution < -0.4 is 5.73 Å². The first-order valence-corrected chi connectivity index (χ1v) is 4.27. The molecule has 1 aromatic rings. The van der Waals surface area contributed by atoms with Crippen LogP contribution in [0.4, 0.5) is 0 Å². The van der Waals surface area contributed by atoms with E-state index in [0.717, 1.165) is 22.0 Å². The number of nitrogens with two attached hydrogens (primary N) is 1. The second-order valence-corrected chi connectivity index (χ2v) is 3.37. The Morgan fingerprint density at radius 1 is 1.73 bits per heavy atom. The second kappa shape index (κ2) is 3.00. The number of thiazole rings is 1. The molecule has 0 unspecified atom stereocenters. The van der Waals surface area contributed by atoms with E-state index in [9.17, 15) is 0 Å². The van der Waals surface area contributed by atoms with Gasteiger partial charge in [0.25, 0.3) is 0 Å². The molecule has 1 aromatic heterocycles. The third kappa shape index (κ3) is 1.57. The van der Waals surface area contributed by atoms with Gasteiger partial charge in [-0.1, -0.05) is 6.92 Å². The first-order valence-electron chi connectivity index (χ1n) is 3.45. The summed E-state index contributed by atoms with van der Waals surface area (Å²) in [5.74, 6) is 0.125. The van der Waals surface area contributed by atoms with Gasteiger partial charge in [-0.15, -0.1) is 11.3 Å². The van der Waals surface area contributed by atoms with Gasteiger partial charge in [-0.2, -0.15) is 0 Å². The van der Waals surface area contributed by atoms with Crippen LogP contribution in [0.3, 0.4) is 0 Å². The average molecular weight is 169 g/mol. The van der Waals surface area contributed by atoms with Crippen LogP contribution in [0.15, 0.2) is 0 Å². The molecule has 11 heavy (non-hydrogen) atoms. The zero-order valence-electron chi connectivity index (χ0n) is 6.64. The number of hydrogen-bond acceptors (Lipinski definition) is 3. The van der Waals surface area contributed by atoms with E-state index in [1.807, 2.05) is 13.8 Å². The van der Waals surface area contributed by atoms with E-state index in [0.29, 0.717) is 0 Å². The Bertz CT molecular complexity index is 277. The maximum atomic E-state index is 7.21. The van der Waals surface area contributed by atoms with E-state index in [4.69, 9.17) is 11.1 Å². The van der Waals surface area contributed by atoms with E-state index in [2.05, 4.69) is 4.98 Å². The summed E-state index contributed by atoms with van der Waals surface area (Å²) in [6.45, 7) is 3.93. The third-order valence-corrected chi connectivity index (χ3v) is 2.72. The molecule has 3 nitrogen and oxygen atoms in total. The average Bonchev–Trinajstić information content (AvgIpc) is 2.30. The number of nitrogens with zero attached hydrogens (tertiary/aromatic N) is 1. The molecule has 0 spiro atoms. The lowest BCUT2D eigenvalue weighted by atomic mass is 10.4. The summed E-state index contributed by atoms with van der Waals surface area (Å²) in [7, 11) is 0. The molecular formula is C7H11N3S. The van der Waals surface area contributed by atoms with Crippen molar-refractivity contribution in [1.29, 1.82) is 5.41 Å². The maximum absolute atomic E-state index is 7.21. The van der Waals surface area contributed by atoms with Gasteiger partial charge in [0.1, 0.15) is 5.84 Å². The molecule has 0 aromatic carbocycles. The quantitative estimate of drug-likeness (QED) is 0.517. The van der Waals surface area contributed by atoms with Crippen LogP contribution in [-0.4, -0.2) is 10.8 Å². The summed E-state index contributed by atoms with van der Waals surface area (Å²) in [6.07, 6.45) is 0.915. The Morgan fingerprint density at radius 2 is 2.36 bits per heavy atom. The van der Waals surface area contributed by atoms with Gasteiger partial charge >= 0.3 is 0 Å². The Kier molecular flexibility index (Phi) is 2.24. The molecule has 0 atom stereocenters. The van der Waals surface area contributed by atoms with Crippen molar-refractivity contribution in [2.24, 2.45) is 5.73 Å². The summed E-state index contributed by atoms with van der Waals surface area (Å²) in [6, 6.07) is 0. The number of aromatic nitrogens is 1. The van der Waals surface area contributed by atoms with Crippen molar-refractivity contribution in [2.75, 3.05) is 0 Å². The van der Waals surface area contributed by atoms with Crippen LogP contribution in [0.25, 0.3) is 0 Å². The molecule has 0 radical (unpaired) electrons. The lowest BCUT2D eigenvalue weighted by Gasteiger charge is -1.89. The summed E-state index contributed by atoms with van der Waals surface area (Å²) in [4.78, 5) is 5.06. The predicted molar refractivity (Wildman–Crippen MR) is 47.2 cm³/mol. The van der Waals surface area contributed by atoms with Crippen LogP contribution >= 0.6 is 11.3 Å². The van der Waals surface area contributed by atoms with E-state index in [1.54, 1.807) is 0 Å². The Hall–Kier alpha value is -0.900. The first kappa shape index (κ1) is 8.20. The molecular weight excluding hydrogens is 158 g/mol. The van der Waals surface area contributed by atoms with Crippen molar-refractivity contribution < 1.29 is 0 Å². The number of nitrogen functional groups attached to an aromatic ring is 1. The first-order chi connectivity index (χ1) is 5.15. The van der Waals surface area contributed by atoms with Crippen LogP contribution in [-0.2, 0) is 6.42 Å². The predicted octanol–water partition coefficient (Wildman–Crippen LogP) is 1.30. The van der Waals surface area contributed by atoms with Gasteiger partial charge < -0.3 is 5.73 Å². The largest absolute Gasteiger partial charge is 0.383 e. The zero-order chi connectivity index (χ0) is 8.43. The normalized spacial score (nSPS) is 10.0. The van der Waals surface area contributed by atoms with Gasteiger partial charge in [-0.05, 0) is 13.3 Å². The van der Waals surface area contributed by atoms with Crippen LogP contribution in [0.2, 0.25) is 0 Å². The van der Waals surface area contributed by atoms with Gasteiger partial charge in [0, 0.05) is 0 Å². The highest BCUT2D eigenvalue weighted by molar-refractivity contribution is 7.13. The van der Waals surface area contributed by atoms with Crippen molar-refractivity contribution in [2.45, 2.75) is 20.3 Å². The van der Waals surface area contributed by atoms with Gasteiger partial charge in [0.2, 0.25) is 0 Å². The van der Waals surface area contributed by atoms with Crippen molar-refractivity contribution in [1.82, 2.24) is 4.98 Å². The summed E-state index contributed by atoms with van der Waals surface area (Å²) >= 11 is 1.51. The summed E-state index contributed by atoms with van der Waals surface area (Å²) in [5, 5.41) is 8.26. The Morgan fingerprint density at radius 3 is 2.64 bits per heavy atom. The molecule has 1 rings (SSSR count). The number of hydrogen-bond donors (Lipinski definition) is 2. The number of rotatable bonds is 2. The lowest BCUT2D eigenvalue weighted by molar-refractivity contribution is 1.07. The maximum Gasteiger partial charge on any atom is 0.135 e. The highest BCUT2D eigenvalue weighted by atomic mass is 32.1. The third-order valence-electron chi connectivity index (χ3n) is 1.39. The standard InChI is InChI=1S/C7H11N3S/c1-3-5-10-4(2)6(11-5)7(8)9/h3H2,1-2H3,(H3,8,9). The van der Waals surface area contributed by atoms with Gasteiger partial charge in [-0.25, -0.2) is 4.98 Å². The van der Waals surface area contributed by atoms with Crippen molar-refractivity contribution in [3.05, 3.63) is 15.6 Å². The minimum absolute atomic E-state index is 0.125. The molecule has 0 aliphatic carbocycles. The molecule has 60 valence electrons. The Labute approximate surface area is 69.8 Å². The molecule has 4 heteroatoms. The van der Waals surface area contributed by atoms with Crippen molar-refractivity contribution >= 4 is 17.2 Å². The fourth-order valence-corrected chi connectivity index (χ4v) is 1.72. The minimum atomic E-state index is 0.125. The van der Waals surface area contributed by atoms with Crippen LogP contribution in [0, 0.1) is 12.3 Å². The molecule has 0 aliphatic heterocycles. The van der Waals surface area contributed by atoms with Crippen molar-refractivity contribution in [3.8, 4) is 0 Å². The number of nitrogens with one attached hydrogen (secondary N) is 1. The topological polar surface area (TPSA) is 62.8 Å². The van der Waals surface area contributed by atoms with E-state index in [-0.39, 0.29) is 5.84 Å². The van der Waals surface area contributed by atoms with Gasteiger partial charge in [-0.3, -0.25) is 5.41 Å². The van der Waals surface area contributed by atoms with Crippen LogP contribution in [0.1, 0.15) is 22.5 Å². The fourth-order valence-electron chi connectivity index (χ4n) is 0.853. The summed E-state index contributed by atoms with van der Waals surface area (Å²) < 4.78 is 0. The van der Waals surface area contributed by atoms with E-state index >= 15 is 0 Å². The highest BCUT2D eigenvalue weighted by Crippen LogP contribution is 2.17. The molecule has 0 saturated carbocycles. The minimum Gasteiger partial charge on any atom is -0.383 e. The Balaban J connectivity index is 3.07. The molecule has 1 heterocycles. The van der Waals surface area contributed by atoms with Crippen LogP contribution in [0.5, 0.6) is 0 Å². The lowest BCUT2D eigenvalue weighted by Crippen LogP contribution is -2.10. The molecule has 3 N–H and O–H groups in total. The molecule has 0 aliphatic rings. The monoisotopic (exact) mass is 169 g/mol. The van der Waals surface area contributed by atoms with E-state index in [1.165, 1.54) is 11.3 Å². The molecule has 0 amide bonds. The smallest absolute Gasteiger partial charge is 0.135 e. The number of amidine groups is 1. The zero-order valence-corrected chi connectivity index (χ0v) is 7.46. The molecule has 0 bridgehead atoms. The number of aryl methyl sites for hydroxylation is 2. The van der Waals surface area contributed by atoms with Crippen molar-refractivity contribution in [3.63, 3.8) is 0 Å². The summed E-state index contributed by atoms with van der Waals surface area (Å²) in [5.41, 5.74) is 6.21. The second-order valence-electron chi connectivity index (χ2n) is 2.29. The SMILES string of the molecule is CCc1nc(C)c(C(=N)N)s1. The van der Waals surface area contributed by atoms with E-state index < -0.39 is 0 Å². The fraction of sp³-hybridized carbons (Fsp3) is 0.429.